The number of carbonyl (C=O) groups excluding carboxylic acids is 1. The van der Waals surface area contributed by atoms with E-state index in [9.17, 15) is 4.79 Å². The Labute approximate surface area is 104 Å². The standard InChI is InChI=1S/C12H15NO2.C2H6/c1-13(9-12(10-14)15-2)8-11-6-4-3-5-7-11;1-2/h3-7,9-10H,8H2,1-2H3;1-2H3/b12-9+;. The number of hydrogen-bond donors (Lipinski definition) is 0. The minimum absolute atomic E-state index is 0.327. The molecule has 3 nitrogen and oxygen atoms in total. The predicted molar refractivity (Wildman–Crippen MR) is 70.4 cm³/mol. The first-order valence-corrected chi connectivity index (χ1v) is 5.71. The van der Waals surface area contributed by atoms with Crippen molar-refractivity contribution < 1.29 is 9.53 Å². The molecular weight excluding hydrogens is 214 g/mol. The van der Waals surface area contributed by atoms with Crippen LogP contribution in [0.25, 0.3) is 0 Å². The molecule has 0 atom stereocenters. The molecule has 0 heterocycles. The largest absolute Gasteiger partial charge is 0.492 e. The van der Waals surface area contributed by atoms with Crippen LogP contribution in [-0.4, -0.2) is 25.3 Å². The van der Waals surface area contributed by atoms with Crippen molar-refractivity contribution in [1.82, 2.24) is 4.90 Å². The number of rotatable bonds is 5. The summed E-state index contributed by atoms with van der Waals surface area (Å²) in [6.07, 6.45) is 2.38. The lowest BCUT2D eigenvalue weighted by Crippen LogP contribution is -2.11. The van der Waals surface area contributed by atoms with Crippen LogP contribution in [0.5, 0.6) is 0 Å². The number of aldehydes is 1. The first kappa shape index (κ1) is 15.2. The molecule has 0 aliphatic carbocycles. The first-order chi connectivity index (χ1) is 8.26. The van der Waals surface area contributed by atoms with Gasteiger partial charge in [-0.1, -0.05) is 44.2 Å². The molecule has 17 heavy (non-hydrogen) atoms. The predicted octanol–water partition coefficient (Wildman–Crippen LogP) is 2.83. The van der Waals surface area contributed by atoms with Crippen molar-refractivity contribution in [2.75, 3.05) is 14.2 Å². The lowest BCUT2D eigenvalue weighted by molar-refractivity contribution is -0.107. The van der Waals surface area contributed by atoms with Gasteiger partial charge in [0.2, 0.25) is 0 Å². The monoisotopic (exact) mass is 235 g/mol. The Morgan fingerprint density at radius 2 is 1.88 bits per heavy atom. The fraction of sp³-hybridized carbons (Fsp3) is 0.357. The summed E-state index contributed by atoms with van der Waals surface area (Å²) >= 11 is 0. The van der Waals surface area contributed by atoms with Gasteiger partial charge in [-0.15, -0.1) is 0 Å². The summed E-state index contributed by atoms with van der Waals surface area (Å²) < 4.78 is 4.86. The number of benzene rings is 1. The Morgan fingerprint density at radius 1 is 1.29 bits per heavy atom. The second kappa shape index (κ2) is 9.46. The maximum atomic E-state index is 10.5. The molecule has 0 amide bonds. The van der Waals surface area contributed by atoms with E-state index in [2.05, 4.69) is 0 Å². The normalized spacial score (nSPS) is 10.0. The van der Waals surface area contributed by atoms with Crippen molar-refractivity contribution in [1.29, 1.82) is 0 Å². The van der Waals surface area contributed by atoms with E-state index in [1.54, 1.807) is 6.20 Å². The molecular formula is C14H21NO2. The highest BCUT2D eigenvalue weighted by Crippen LogP contribution is 2.04. The second-order valence-corrected chi connectivity index (χ2v) is 3.25. The van der Waals surface area contributed by atoms with E-state index in [-0.39, 0.29) is 0 Å². The Hall–Kier alpha value is -1.77. The van der Waals surface area contributed by atoms with E-state index in [1.165, 1.54) is 12.7 Å². The zero-order valence-corrected chi connectivity index (χ0v) is 11.0. The molecule has 0 aromatic heterocycles. The first-order valence-electron chi connectivity index (χ1n) is 5.71. The van der Waals surface area contributed by atoms with Crippen molar-refractivity contribution in [3.63, 3.8) is 0 Å². The maximum absolute atomic E-state index is 10.5. The Kier molecular flexibility index (Phi) is 8.47. The average molecular weight is 235 g/mol. The van der Waals surface area contributed by atoms with Gasteiger partial charge < -0.3 is 9.64 Å². The molecule has 0 spiro atoms. The van der Waals surface area contributed by atoms with Crippen molar-refractivity contribution in [2.24, 2.45) is 0 Å². The molecule has 1 rings (SSSR count). The summed E-state index contributed by atoms with van der Waals surface area (Å²) in [5.74, 6) is 0.327. The van der Waals surface area contributed by atoms with Crippen LogP contribution < -0.4 is 0 Å². The van der Waals surface area contributed by atoms with E-state index in [0.717, 1.165) is 6.54 Å². The SMILES string of the molecule is CC.CO/C(C=O)=C/N(C)Cc1ccccc1. The molecule has 0 bridgehead atoms. The van der Waals surface area contributed by atoms with Gasteiger partial charge in [0.25, 0.3) is 0 Å². The van der Waals surface area contributed by atoms with E-state index < -0.39 is 0 Å². The number of methoxy groups -OCH3 is 1. The van der Waals surface area contributed by atoms with Crippen molar-refractivity contribution in [3.8, 4) is 0 Å². The average Bonchev–Trinajstić information content (AvgIpc) is 2.39. The third kappa shape index (κ3) is 6.40. The van der Waals surface area contributed by atoms with E-state index in [4.69, 9.17) is 4.74 Å². The van der Waals surface area contributed by atoms with E-state index in [0.29, 0.717) is 12.0 Å². The van der Waals surface area contributed by atoms with Gasteiger partial charge in [-0.25, -0.2) is 0 Å². The Balaban J connectivity index is 0.00000121. The number of ether oxygens (including phenoxy) is 1. The molecule has 0 saturated heterocycles. The Morgan fingerprint density at radius 3 is 2.35 bits per heavy atom. The Bertz CT molecular complexity index is 333. The van der Waals surface area contributed by atoms with Gasteiger partial charge in [0.15, 0.2) is 12.0 Å². The van der Waals surface area contributed by atoms with Crippen LogP contribution in [0.15, 0.2) is 42.3 Å². The lowest BCUT2D eigenvalue weighted by Gasteiger charge is -2.14. The summed E-state index contributed by atoms with van der Waals surface area (Å²) in [6, 6.07) is 10.0. The zero-order chi connectivity index (χ0) is 13.1. The summed E-state index contributed by atoms with van der Waals surface area (Å²) in [4.78, 5) is 12.4. The summed E-state index contributed by atoms with van der Waals surface area (Å²) in [5, 5.41) is 0. The maximum Gasteiger partial charge on any atom is 0.186 e. The van der Waals surface area contributed by atoms with Crippen molar-refractivity contribution in [2.45, 2.75) is 20.4 Å². The topological polar surface area (TPSA) is 29.5 Å². The fourth-order valence-corrected chi connectivity index (χ4v) is 1.27. The third-order valence-corrected chi connectivity index (χ3v) is 1.97. The highest BCUT2D eigenvalue weighted by Gasteiger charge is 1.98. The highest BCUT2D eigenvalue weighted by atomic mass is 16.5. The summed E-state index contributed by atoms with van der Waals surface area (Å²) in [6.45, 7) is 4.75. The molecule has 3 heteroatoms. The minimum atomic E-state index is 0.327. The quantitative estimate of drug-likeness (QED) is 0.446. The van der Waals surface area contributed by atoms with Gasteiger partial charge in [0.05, 0.1) is 7.11 Å². The molecule has 0 fully saturated rings. The zero-order valence-electron chi connectivity index (χ0n) is 11.0. The summed E-state index contributed by atoms with van der Waals surface area (Å²) in [5.41, 5.74) is 1.19. The molecule has 0 aliphatic rings. The lowest BCUT2D eigenvalue weighted by atomic mass is 10.2. The van der Waals surface area contributed by atoms with E-state index in [1.807, 2.05) is 56.1 Å². The molecule has 0 unspecified atom stereocenters. The molecule has 0 N–H and O–H groups in total. The van der Waals surface area contributed by atoms with Crippen molar-refractivity contribution >= 4 is 6.29 Å². The molecule has 94 valence electrons. The van der Waals surface area contributed by atoms with Crippen LogP contribution >= 0.6 is 0 Å². The molecule has 0 aliphatic heterocycles. The van der Waals surface area contributed by atoms with Gasteiger partial charge in [0.1, 0.15) is 0 Å². The van der Waals surface area contributed by atoms with Crippen molar-refractivity contribution in [3.05, 3.63) is 47.9 Å². The smallest absolute Gasteiger partial charge is 0.186 e. The molecule has 0 saturated carbocycles. The van der Waals surface area contributed by atoms with Gasteiger partial charge in [-0.2, -0.15) is 0 Å². The van der Waals surface area contributed by atoms with Crippen LogP contribution in [-0.2, 0) is 16.1 Å². The number of allylic oxidation sites excluding steroid dienone is 1. The van der Waals surface area contributed by atoms with Crippen LogP contribution in [0.4, 0.5) is 0 Å². The number of hydrogen-bond acceptors (Lipinski definition) is 3. The molecule has 1 aromatic carbocycles. The summed E-state index contributed by atoms with van der Waals surface area (Å²) in [7, 11) is 3.38. The highest BCUT2D eigenvalue weighted by molar-refractivity contribution is 5.69. The minimum Gasteiger partial charge on any atom is -0.492 e. The van der Waals surface area contributed by atoms with Crippen LogP contribution in [0.3, 0.4) is 0 Å². The fourth-order valence-electron chi connectivity index (χ4n) is 1.27. The number of carbonyl (C=O) groups is 1. The van der Waals surface area contributed by atoms with Gasteiger partial charge >= 0.3 is 0 Å². The van der Waals surface area contributed by atoms with Gasteiger partial charge in [0, 0.05) is 19.8 Å². The van der Waals surface area contributed by atoms with Crippen LogP contribution in [0.1, 0.15) is 19.4 Å². The van der Waals surface area contributed by atoms with Gasteiger partial charge in [-0.3, -0.25) is 4.79 Å². The van der Waals surface area contributed by atoms with E-state index >= 15 is 0 Å². The van der Waals surface area contributed by atoms with Crippen LogP contribution in [0.2, 0.25) is 0 Å². The molecule has 0 radical (unpaired) electrons. The third-order valence-electron chi connectivity index (χ3n) is 1.97. The van der Waals surface area contributed by atoms with Crippen LogP contribution in [0, 0.1) is 0 Å². The second-order valence-electron chi connectivity index (χ2n) is 3.25. The number of nitrogens with zero attached hydrogens (tertiary/aromatic N) is 1. The van der Waals surface area contributed by atoms with Gasteiger partial charge in [-0.05, 0) is 5.56 Å². The molecule has 1 aromatic rings.